The van der Waals surface area contributed by atoms with Crippen LogP contribution in [-0.4, -0.2) is 32.8 Å². The van der Waals surface area contributed by atoms with Gasteiger partial charge in [0.1, 0.15) is 0 Å². The van der Waals surface area contributed by atoms with E-state index in [4.69, 9.17) is 0 Å². The van der Waals surface area contributed by atoms with Crippen LogP contribution < -0.4 is 10.6 Å². The van der Waals surface area contributed by atoms with E-state index in [0.29, 0.717) is 5.69 Å². The smallest absolute Gasteiger partial charge is 0.319 e. The van der Waals surface area contributed by atoms with Crippen molar-refractivity contribution in [3.05, 3.63) is 59.2 Å². The molecule has 1 unspecified atom stereocenters. The highest BCUT2D eigenvalue weighted by Crippen LogP contribution is 2.20. The molecule has 0 aromatic heterocycles. The number of amides is 2. The molecule has 1 atom stereocenters. The average molecular weight is 375 g/mol. The summed E-state index contributed by atoms with van der Waals surface area (Å²) in [5.74, 6) is 0. The van der Waals surface area contributed by atoms with Gasteiger partial charge < -0.3 is 10.6 Å². The summed E-state index contributed by atoms with van der Waals surface area (Å²) in [5.41, 5.74) is 3.69. The van der Waals surface area contributed by atoms with Crippen molar-refractivity contribution < 1.29 is 13.2 Å². The van der Waals surface area contributed by atoms with E-state index in [0.717, 1.165) is 21.0 Å². The normalized spacial score (nSPS) is 12.7. The van der Waals surface area contributed by atoms with E-state index >= 15 is 0 Å². The van der Waals surface area contributed by atoms with Crippen molar-refractivity contribution in [2.75, 3.05) is 19.4 Å². The highest BCUT2D eigenvalue weighted by molar-refractivity contribution is 7.89. The molecule has 0 aliphatic carbocycles. The summed E-state index contributed by atoms with van der Waals surface area (Å²) in [6.45, 7) is 5.92. The number of nitrogens with zero attached hydrogens (tertiary/aromatic N) is 1. The number of urea groups is 1. The number of rotatable bonds is 5. The second-order valence-corrected chi connectivity index (χ2v) is 8.65. The molecule has 0 heterocycles. The monoisotopic (exact) mass is 375 g/mol. The SMILES string of the molecule is Cc1ccc(C)c(C(C)NC(=O)Nc2cccc(S(=O)(=O)N(C)C)c2)c1. The van der Waals surface area contributed by atoms with Crippen LogP contribution in [-0.2, 0) is 10.0 Å². The molecular weight excluding hydrogens is 350 g/mol. The van der Waals surface area contributed by atoms with Gasteiger partial charge in [-0.2, -0.15) is 0 Å². The van der Waals surface area contributed by atoms with Gasteiger partial charge in [0.05, 0.1) is 10.9 Å². The molecule has 2 aromatic rings. The van der Waals surface area contributed by atoms with Crippen LogP contribution in [0.3, 0.4) is 0 Å². The van der Waals surface area contributed by atoms with Crippen LogP contribution in [0.15, 0.2) is 47.4 Å². The van der Waals surface area contributed by atoms with Crippen LogP contribution in [0.1, 0.15) is 29.7 Å². The Kier molecular flexibility index (Phi) is 6.05. The molecule has 0 fully saturated rings. The lowest BCUT2D eigenvalue weighted by atomic mass is 10.0. The molecule has 6 nitrogen and oxygen atoms in total. The molecular formula is C19H25N3O3S. The minimum atomic E-state index is -3.55. The number of benzene rings is 2. The summed E-state index contributed by atoms with van der Waals surface area (Å²) in [6.07, 6.45) is 0. The number of carbonyl (C=O) groups excluding carboxylic acids is 1. The van der Waals surface area contributed by atoms with Crippen LogP contribution in [0.25, 0.3) is 0 Å². The molecule has 0 aliphatic heterocycles. The average Bonchev–Trinajstić information content (AvgIpc) is 2.56. The lowest BCUT2D eigenvalue weighted by molar-refractivity contribution is 0.249. The highest BCUT2D eigenvalue weighted by Gasteiger charge is 2.18. The molecule has 0 saturated heterocycles. The van der Waals surface area contributed by atoms with E-state index in [-0.39, 0.29) is 10.9 Å². The number of nitrogens with one attached hydrogen (secondary N) is 2. The van der Waals surface area contributed by atoms with E-state index in [9.17, 15) is 13.2 Å². The fourth-order valence-corrected chi connectivity index (χ4v) is 3.56. The molecule has 0 bridgehead atoms. The predicted octanol–water partition coefficient (Wildman–Crippen LogP) is 3.44. The summed E-state index contributed by atoms with van der Waals surface area (Å²) in [7, 11) is -0.617. The molecule has 0 radical (unpaired) electrons. The number of sulfonamides is 1. The second kappa shape index (κ2) is 7.88. The zero-order valence-corrected chi connectivity index (χ0v) is 16.5. The third kappa shape index (κ3) is 4.62. The number of hydrogen-bond acceptors (Lipinski definition) is 3. The third-order valence-electron chi connectivity index (χ3n) is 4.12. The molecule has 7 heteroatoms. The zero-order valence-electron chi connectivity index (χ0n) is 15.7. The van der Waals surface area contributed by atoms with Crippen LogP contribution in [0, 0.1) is 13.8 Å². The minimum Gasteiger partial charge on any atom is -0.331 e. The van der Waals surface area contributed by atoms with E-state index in [1.807, 2.05) is 39.0 Å². The Balaban J connectivity index is 2.12. The van der Waals surface area contributed by atoms with E-state index in [1.54, 1.807) is 12.1 Å². The first kappa shape index (κ1) is 19.9. The van der Waals surface area contributed by atoms with Crippen molar-refractivity contribution in [2.24, 2.45) is 0 Å². The van der Waals surface area contributed by atoms with Crippen molar-refractivity contribution in [3.63, 3.8) is 0 Å². The Morgan fingerprint density at radius 2 is 1.77 bits per heavy atom. The fraction of sp³-hybridized carbons (Fsp3) is 0.316. The van der Waals surface area contributed by atoms with Gasteiger partial charge in [0.2, 0.25) is 10.0 Å². The summed E-state index contributed by atoms with van der Waals surface area (Å²) >= 11 is 0. The molecule has 0 saturated carbocycles. The maximum Gasteiger partial charge on any atom is 0.319 e. The van der Waals surface area contributed by atoms with Gasteiger partial charge >= 0.3 is 6.03 Å². The summed E-state index contributed by atoms with van der Waals surface area (Å²) in [4.78, 5) is 12.4. The van der Waals surface area contributed by atoms with Crippen molar-refractivity contribution in [3.8, 4) is 0 Å². The van der Waals surface area contributed by atoms with Gasteiger partial charge in [0, 0.05) is 19.8 Å². The van der Waals surface area contributed by atoms with Crippen LogP contribution >= 0.6 is 0 Å². The van der Waals surface area contributed by atoms with Crippen LogP contribution in [0.4, 0.5) is 10.5 Å². The Hall–Kier alpha value is -2.38. The van der Waals surface area contributed by atoms with Gasteiger partial charge in [-0.25, -0.2) is 17.5 Å². The first-order chi connectivity index (χ1) is 12.1. The van der Waals surface area contributed by atoms with Crippen LogP contribution in [0.5, 0.6) is 0 Å². The van der Waals surface area contributed by atoms with Crippen molar-refractivity contribution in [1.29, 1.82) is 0 Å². The maximum atomic E-state index is 12.3. The first-order valence-electron chi connectivity index (χ1n) is 8.28. The maximum absolute atomic E-state index is 12.3. The Morgan fingerprint density at radius 1 is 1.08 bits per heavy atom. The first-order valence-corrected chi connectivity index (χ1v) is 9.72. The largest absolute Gasteiger partial charge is 0.331 e. The van der Waals surface area contributed by atoms with Gasteiger partial charge in [-0.3, -0.25) is 0 Å². The lowest BCUT2D eigenvalue weighted by Gasteiger charge is -2.18. The standard InChI is InChI=1S/C19H25N3O3S/c1-13-9-10-14(2)18(11-13)15(3)20-19(23)21-16-7-6-8-17(12-16)26(24,25)22(4)5/h6-12,15H,1-5H3,(H2,20,21,23). The molecule has 140 valence electrons. The topological polar surface area (TPSA) is 78.5 Å². The molecule has 0 spiro atoms. The predicted molar refractivity (Wildman–Crippen MR) is 104 cm³/mol. The van der Waals surface area contributed by atoms with Gasteiger partial charge in [-0.1, -0.05) is 29.8 Å². The van der Waals surface area contributed by atoms with Gasteiger partial charge in [-0.05, 0) is 50.1 Å². The van der Waals surface area contributed by atoms with E-state index in [2.05, 4.69) is 10.6 Å². The van der Waals surface area contributed by atoms with Gasteiger partial charge in [-0.15, -0.1) is 0 Å². The van der Waals surface area contributed by atoms with E-state index < -0.39 is 16.1 Å². The van der Waals surface area contributed by atoms with Crippen LogP contribution in [0.2, 0.25) is 0 Å². The van der Waals surface area contributed by atoms with Crippen molar-refractivity contribution in [2.45, 2.75) is 31.7 Å². The zero-order chi connectivity index (χ0) is 19.5. The Bertz CT molecular complexity index is 908. The van der Waals surface area contributed by atoms with E-state index in [1.165, 1.54) is 26.2 Å². The molecule has 2 aromatic carbocycles. The second-order valence-electron chi connectivity index (χ2n) is 6.50. The number of hydrogen-bond donors (Lipinski definition) is 2. The van der Waals surface area contributed by atoms with Gasteiger partial charge in [0.15, 0.2) is 0 Å². The summed E-state index contributed by atoms with van der Waals surface area (Å²) in [5, 5.41) is 5.58. The quantitative estimate of drug-likeness (QED) is 0.840. The summed E-state index contributed by atoms with van der Waals surface area (Å²) < 4.78 is 25.5. The number of anilines is 1. The number of aryl methyl sites for hydroxylation is 2. The molecule has 2 rings (SSSR count). The molecule has 2 N–H and O–H groups in total. The fourth-order valence-electron chi connectivity index (χ4n) is 2.61. The third-order valence-corrected chi connectivity index (χ3v) is 5.93. The van der Waals surface area contributed by atoms with Gasteiger partial charge in [0.25, 0.3) is 0 Å². The Morgan fingerprint density at radius 3 is 2.42 bits per heavy atom. The lowest BCUT2D eigenvalue weighted by Crippen LogP contribution is -2.31. The molecule has 0 aliphatic rings. The molecule has 26 heavy (non-hydrogen) atoms. The highest BCUT2D eigenvalue weighted by atomic mass is 32.2. The molecule has 2 amide bonds. The minimum absolute atomic E-state index is 0.128. The summed E-state index contributed by atoms with van der Waals surface area (Å²) in [6, 6.07) is 11.7. The number of carbonyl (C=O) groups is 1. The van der Waals surface area contributed by atoms with Crippen molar-refractivity contribution >= 4 is 21.7 Å². The Labute approximate surface area is 155 Å². The van der Waals surface area contributed by atoms with Crippen molar-refractivity contribution in [1.82, 2.24) is 9.62 Å².